The Balaban J connectivity index is 2.85. The summed E-state index contributed by atoms with van der Waals surface area (Å²) in [6.45, 7) is 6.44. The Hall–Kier alpha value is -0.570. The lowest BCUT2D eigenvalue weighted by molar-refractivity contribution is 0.638. The van der Waals surface area contributed by atoms with Gasteiger partial charge in [-0.2, -0.15) is 0 Å². The van der Waals surface area contributed by atoms with E-state index in [2.05, 4.69) is 23.8 Å². The Morgan fingerprint density at radius 1 is 1.50 bits per heavy atom. The second-order valence-corrected chi connectivity index (χ2v) is 4.37. The second-order valence-electron chi connectivity index (χ2n) is 3.58. The fraction of sp³-hybridized carbons (Fsp3) is 0.636. The van der Waals surface area contributed by atoms with Crippen LogP contribution in [0.15, 0.2) is 11.2 Å². The van der Waals surface area contributed by atoms with E-state index in [1.165, 1.54) is 12.8 Å². The summed E-state index contributed by atoms with van der Waals surface area (Å²) in [6, 6.07) is 0. The fourth-order valence-corrected chi connectivity index (χ4v) is 2.01. The Kier molecular flexibility index (Phi) is 4.39. The average molecular weight is 210 g/mol. The van der Waals surface area contributed by atoms with E-state index in [0.717, 1.165) is 16.4 Å². The second kappa shape index (κ2) is 5.35. The standard InChI is InChI=1S/C11H18N2S/c1-5-6-8(2)10-7-12-11(14-4)9(3)13-10/h7-8H,5-6H2,1-4H3. The van der Waals surface area contributed by atoms with Gasteiger partial charge in [-0.25, -0.2) is 4.98 Å². The van der Waals surface area contributed by atoms with Crippen molar-refractivity contribution in [2.45, 2.75) is 44.6 Å². The zero-order chi connectivity index (χ0) is 10.6. The van der Waals surface area contributed by atoms with Crippen molar-refractivity contribution in [3.8, 4) is 0 Å². The van der Waals surface area contributed by atoms with Crippen molar-refractivity contribution in [2.75, 3.05) is 6.26 Å². The van der Waals surface area contributed by atoms with E-state index >= 15 is 0 Å². The molecule has 0 aliphatic rings. The number of hydrogen-bond donors (Lipinski definition) is 0. The predicted molar refractivity (Wildman–Crippen MR) is 61.9 cm³/mol. The monoisotopic (exact) mass is 210 g/mol. The first-order valence-electron chi connectivity index (χ1n) is 5.06. The molecule has 2 nitrogen and oxygen atoms in total. The van der Waals surface area contributed by atoms with E-state index in [-0.39, 0.29) is 0 Å². The van der Waals surface area contributed by atoms with Gasteiger partial charge in [0.2, 0.25) is 0 Å². The maximum atomic E-state index is 4.58. The zero-order valence-corrected chi connectivity index (χ0v) is 10.2. The largest absolute Gasteiger partial charge is 0.253 e. The van der Waals surface area contributed by atoms with Crippen molar-refractivity contribution in [3.05, 3.63) is 17.6 Å². The van der Waals surface area contributed by atoms with Crippen LogP contribution in [-0.4, -0.2) is 16.2 Å². The van der Waals surface area contributed by atoms with Crippen LogP contribution in [0.1, 0.15) is 44.0 Å². The smallest absolute Gasteiger partial charge is 0.117 e. The van der Waals surface area contributed by atoms with Crippen LogP contribution < -0.4 is 0 Å². The van der Waals surface area contributed by atoms with Gasteiger partial charge >= 0.3 is 0 Å². The molecule has 1 aromatic heterocycles. The molecule has 1 unspecified atom stereocenters. The molecule has 1 heterocycles. The van der Waals surface area contributed by atoms with Gasteiger partial charge in [-0.05, 0) is 25.5 Å². The molecule has 0 fully saturated rings. The van der Waals surface area contributed by atoms with Crippen LogP contribution in [0.4, 0.5) is 0 Å². The Bertz CT molecular complexity index is 299. The van der Waals surface area contributed by atoms with Gasteiger partial charge in [-0.1, -0.05) is 20.3 Å². The highest BCUT2D eigenvalue weighted by Crippen LogP contribution is 2.21. The van der Waals surface area contributed by atoms with Crippen LogP contribution >= 0.6 is 11.8 Å². The summed E-state index contributed by atoms with van der Waals surface area (Å²) >= 11 is 1.66. The molecule has 0 aliphatic carbocycles. The molecular formula is C11H18N2S. The normalized spacial score (nSPS) is 12.9. The van der Waals surface area contributed by atoms with E-state index < -0.39 is 0 Å². The van der Waals surface area contributed by atoms with Crippen LogP contribution in [-0.2, 0) is 0 Å². The van der Waals surface area contributed by atoms with Crippen molar-refractivity contribution in [3.63, 3.8) is 0 Å². The lowest BCUT2D eigenvalue weighted by Crippen LogP contribution is -2.01. The third-order valence-electron chi connectivity index (χ3n) is 2.34. The van der Waals surface area contributed by atoms with Crippen LogP contribution in [0.2, 0.25) is 0 Å². The van der Waals surface area contributed by atoms with Crippen LogP contribution in [0, 0.1) is 6.92 Å². The molecule has 78 valence electrons. The summed E-state index contributed by atoms with van der Waals surface area (Å²) in [5.41, 5.74) is 2.18. The van der Waals surface area contributed by atoms with Crippen molar-refractivity contribution >= 4 is 11.8 Å². The van der Waals surface area contributed by atoms with Crippen molar-refractivity contribution in [1.29, 1.82) is 0 Å². The van der Waals surface area contributed by atoms with Crippen molar-refractivity contribution in [2.24, 2.45) is 0 Å². The predicted octanol–water partition coefficient (Wildman–Crippen LogP) is 3.41. The lowest BCUT2D eigenvalue weighted by Gasteiger charge is -2.10. The molecule has 0 radical (unpaired) electrons. The van der Waals surface area contributed by atoms with Gasteiger partial charge in [-0.15, -0.1) is 11.8 Å². The van der Waals surface area contributed by atoms with E-state index in [0.29, 0.717) is 5.92 Å². The average Bonchev–Trinajstić information content (AvgIpc) is 2.18. The van der Waals surface area contributed by atoms with Crippen molar-refractivity contribution < 1.29 is 0 Å². The number of aryl methyl sites for hydroxylation is 1. The van der Waals surface area contributed by atoms with E-state index in [9.17, 15) is 0 Å². The first-order valence-corrected chi connectivity index (χ1v) is 6.29. The molecule has 0 N–H and O–H groups in total. The summed E-state index contributed by atoms with van der Waals surface area (Å²) in [6.07, 6.45) is 6.34. The SMILES string of the molecule is CCCC(C)c1cnc(SC)c(C)n1. The maximum Gasteiger partial charge on any atom is 0.117 e. The van der Waals surface area contributed by atoms with Gasteiger partial charge in [0.05, 0.1) is 17.6 Å². The number of nitrogens with zero attached hydrogens (tertiary/aromatic N) is 2. The van der Waals surface area contributed by atoms with E-state index in [1.807, 2.05) is 19.4 Å². The quantitative estimate of drug-likeness (QED) is 0.712. The minimum Gasteiger partial charge on any atom is -0.253 e. The van der Waals surface area contributed by atoms with Gasteiger partial charge in [0, 0.05) is 0 Å². The molecule has 1 rings (SSSR count). The third kappa shape index (κ3) is 2.71. The first kappa shape index (κ1) is 11.5. The zero-order valence-electron chi connectivity index (χ0n) is 9.37. The molecule has 1 aromatic rings. The fourth-order valence-electron chi connectivity index (χ4n) is 1.51. The van der Waals surface area contributed by atoms with Gasteiger partial charge in [-0.3, -0.25) is 4.98 Å². The van der Waals surface area contributed by atoms with Crippen LogP contribution in [0.3, 0.4) is 0 Å². The minimum atomic E-state index is 0.530. The minimum absolute atomic E-state index is 0.530. The molecule has 0 amide bonds. The summed E-state index contributed by atoms with van der Waals surface area (Å²) in [5.74, 6) is 0.530. The molecule has 1 atom stereocenters. The first-order chi connectivity index (χ1) is 6.69. The molecule has 14 heavy (non-hydrogen) atoms. The summed E-state index contributed by atoms with van der Waals surface area (Å²) in [7, 11) is 0. The Morgan fingerprint density at radius 3 is 2.71 bits per heavy atom. The lowest BCUT2D eigenvalue weighted by atomic mass is 10.0. The van der Waals surface area contributed by atoms with Crippen LogP contribution in [0.25, 0.3) is 0 Å². The number of rotatable bonds is 4. The number of aromatic nitrogens is 2. The van der Waals surface area contributed by atoms with Crippen molar-refractivity contribution in [1.82, 2.24) is 9.97 Å². The third-order valence-corrected chi connectivity index (χ3v) is 3.13. The highest BCUT2D eigenvalue weighted by molar-refractivity contribution is 7.98. The molecule has 3 heteroatoms. The summed E-state index contributed by atoms with van der Waals surface area (Å²) < 4.78 is 0. The van der Waals surface area contributed by atoms with Gasteiger partial charge < -0.3 is 0 Å². The molecular weight excluding hydrogens is 192 g/mol. The van der Waals surface area contributed by atoms with E-state index in [1.54, 1.807) is 11.8 Å². The Morgan fingerprint density at radius 2 is 2.21 bits per heavy atom. The summed E-state index contributed by atoms with van der Waals surface area (Å²) in [5, 5.41) is 1.04. The van der Waals surface area contributed by atoms with Gasteiger partial charge in [0.25, 0.3) is 0 Å². The number of hydrogen-bond acceptors (Lipinski definition) is 3. The molecule has 0 saturated heterocycles. The van der Waals surface area contributed by atoms with E-state index in [4.69, 9.17) is 0 Å². The molecule has 0 saturated carbocycles. The van der Waals surface area contributed by atoms with Gasteiger partial charge in [0.1, 0.15) is 5.03 Å². The topological polar surface area (TPSA) is 25.8 Å². The van der Waals surface area contributed by atoms with Gasteiger partial charge in [0.15, 0.2) is 0 Å². The molecule has 0 spiro atoms. The summed E-state index contributed by atoms with van der Waals surface area (Å²) in [4.78, 5) is 8.98. The maximum absolute atomic E-state index is 4.58. The number of thioether (sulfide) groups is 1. The molecule has 0 aromatic carbocycles. The molecule has 0 bridgehead atoms. The molecule has 0 aliphatic heterocycles. The van der Waals surface area contributed by atoms with Crippen LogP contribution in [0.5, 0.6) is 0 Å². The Labute approximate surface area is 90.5 Å². The highest BCUT2D eigenvalue weighted by atomic mass is 32.2. The highest BCUT2D eigenvalue weighted by Gasteiger charge is 2.08.